The van der Waals surface area contributed by atoms with Gasteiger partial charge >= 0.3 is 0 Å². The number of likely N-dealkylation sites (N-methyl/N-ethyl adjacent to an activating group) is 1. The quantitative estimate of drug-likeness (QED) is 0.690. The SMILES string of the molecule is COc1ccc(-c2nn3c(C)cc(C)nc3c2CC(=O)N(C)C(C)(C)C)cc1. The molecule has 0 radical (unpaired) electrons. The number of hydrogen-bond donors (Lipinski definition) is 0. The number of benzene rings is 1. The molecule has 6 heteroatoms. The maximum atomic E-state index is 13.0. The van der Waals surface area contributed by atoms with E-state index in [1.807, 2.05) is 76.5 Å². The number of ether oxygens (including phenoxy) is 1. The summed E-state index contributed by atoms with van der Waals surface area (Å²) in [5.74, 6) is 0.820. The summed E-state index contributed by atoms with van der Waals surface area (Å²) in [5, 5.41) is 4.80. The van der Waals surface area contributed by atoms with Gasteiger partial charge in [0.1, 0.15) is 5.75 Å². The van der Waals surface area contributed by atoms with Crippen molar-refractivity contribution in [3.05, 3.63) is 47.3 Å². The molecule has 0 N–H and O–H groups in total. The summed E-state index contributed by atoms with van der Waals surface area (Å²) >= 11 is 0. The second kappa shape index (κ2) is 7.26. The minimum absolute atomic E-state index is 0.0399. The minimum Gasteiger partial charge on any atom is -0.497 e. The van der Waals surface area contributed by atoms with Crippen molar-refractivity contribution in [2.24, 2.45) is 0 Å². The van der Waals surface area contributed by atoms with Gasteiger partial charge in [-0.25, -0.2) is 9.50 Å². The van der Waals surface area contributed by atoms with E-state index in [1.165, 1.54) is 0 Å². The third-order valence-electron chi connectivity index (χ3n) is 5.06. The summed E-state index contributed by atoms with van der Waals surface area (Å²) in [4.78, 5) is 19.5. The first-order valence-corrected chi connectivity index (χ1v) is 9.38. The molecule has 0 atom stereocenters. The summed E-state index contributed by atoms with van der Waals surface area (Å²) in [6, 6.07) is 9.72. The number of methoxy groups -OCH3 is 1. The third-order valence-corrected chi connectivity index (χ3v) is 5.06. The Morgan fingerprint density at radius 2 is 1.82 bits per heavy atom. The fraction of sp³-hybridized carbons (Fsp3) is 0.409. The highest BCUT2D eigenvalue weighted by atomic mass is 16.5. The molecule has 0 aliphatic heterocycles. The van der Waals surface area contributed by atoms with Crippen molar-refractivity contribution in [3.63, 3.8) is 0 Å². The summed E-state index contributed by atoms with van der Waals surface area (Å²) in [5.41, 5.74) is 4.94. The number of carbonyl (C=O) groups is 1. The highest BCUT2D eigenvalue weighted by Gasteiger charge is 2.26. The van der Waals surface area contributed by atoms with Crippen LogP contribution in [0.25, 0.3) is 16.9 Å². The maximum Gasteiger partial charge on any atom is 0.227 e. The predicted molar refractivity (Wildman–Crippen MR) is 111 cm³/mol. The van der Waals surface area contributed by atoms with Gasteiger partial charge in [0.15, 0.2) is 5.65 Å². The Bertz CT molecular complexity index is 1010. The molecule has 2 heterocycles. The number of rotatable bonds is 4. The molecule has 1 aromatic carbocycles. The van der Waals surface area contributed by atoms with Gasteiger partial charge in [-0.05, 0) is 65.0 Å². The topological polar surface area (TPSA) is 59.7 Å². The molecule has 28 heavy (non-hydrogen) atoms. The van der Waals surface area contributed by atoms with Crippen molar-refractivity contribution in [2.75, 3.05) is 14.2 Å². The average molecular weight is 380 g/mol. The van der Waals surface area contributed by atoms with Gasteiger partial charge in [-0.3, -0.25) is 4.79 Å². The zero-order chi connectivity index (χ0) is 20.6. The summed E-state index contributed by atoms with van der Waals surface area (Å²) in [6.45, 7) is 10.0. The first kappa shape index (κ1) is 19.9. The van der Waals surface area contributed by atoms with E-state index in [2.05, 4.69) is 0 Å². The Labute approximate surface area is 166 Å². The Hall–Kier alpha value is -2.89. The Morgan fingerprint density at radius 1 is 1.18 bits per heavy atom. The van der Waals surface area contributed by atoms with Gasteiger partial charge in [-0.2, -0.15) is 5.10 Å². The standard InChI is InChI=1S/C22H28N4O2/c1-14-12-15(2)26-21(23-14)18(13-19(27)25(6)22(3,4)5)20(24-26)16-8-10-17(28-7)11-9-16/h8-12H,13H2,1-7H3. The fourth-order valence-corrected chi connectivity index (χ4v) is 3.15. The first-order valence-electron chi connectivity index (χ1n) is 9.38. The fourth-order valence-electron chi connectivity index (χ4n) is 3.15. The molecule has 148 valence electrons. The van der Waals surface area contributed by atoms with Crippen molar-refractivity contribution >= 4 is 11.6 Å². The average Bonchev–Trinajstić information content (AvgIpc) is 2.99. The monoisotopic (exact) mass is 380 g/mol. The van der Waals surface area contributed by atoms with Crippen molar-refractivity contribution < 1.29 is 9.53 Å². The molecule has 3 rings (SSSR count). The molecule has 0 aliphatic carbocycles. The van der Waals surface area contributed by atoms with E-state index in [1.54, 1.807) is 12.0 Å². The zero-order valence-electron chi connectivity index (χ0n) is 17.7. The molecule has 0 saturated carbocycles. The molecule has 2 aromatic heterocycles. The summed E-state index contributed by atoms with van der Waals surface area (Å²) in [6.07, 6.45) is 0.245. The van der Waals surface area contributed by atoms with Crippen LogP contribution in [0, 0.1) is 13.8 Å². The number of carbonyl (C=O) groups excluding carboxylic acids is 1. The molecule has 6 nitrogen and oxygen atoms in total. The van der Waals surface area contributed by atoms with Crippen LogP contribution in [-0.2, 0) is 11.2 Å². The Morgan fingerprint density at radius 3 is 2.39 bits per heavy atom. The van der Waals surface area contributed by atoms with Gasteiger partial charge < -0.3 is 9.64 Å². The lowest BCUT2D eigenvalue weighted by Crippen LogP contribution is -2.43. The minimum atomic E-state index is -0.250. The van der Waals surface area contributed by atoms with Crippen molar-refractivity contribution in [3.8, 4) is 17.0 Å². The van der Waals surface area contributed by atoms with Crippen LogP contribution in [-0.4, -0.2) is 45.1 Å². The molecule has 0 spiro atoms. The van der Waals surface area contributed by atoms with Gasteiger partial charge in [0, 0.05) is 35.1 Å². The molecular weight excluding hydrogens is 352 g/mol. The van der Waals surface area contributed by atoms with Crippen molar-refractivity contribution in [2.45, 2.75) is 46.6 Å². The van der Waals surface area contributed by atoms with Gasteiger partial charge in [0.05, 0.1) is 19.2 Å². The lowest BCUT2D eigenvalue weighted by atomic mass is 10.0. The van der Waals surface area contributed by atoms with E-state index in [4.69, 9.17) is 14.8 Å². The number of amides is 1. The smallest absolute Gasteiger partial charge is 0.227 e. The van der Waals surface area contributed by atoms with Gasteiger partial charge in [0.25, 0.3) is 0 Å². The second-order valence-electron chi connectivity index (χ2n) is 8.13. The van der Waals surface area contributed by atoms with Crippen LogP contribution in [0.4, 0.5) is 0 Å². The largest absolute Gasteiger partial charge is 0.497 e. The van der Waals surface area contributed by atoms with Crippen LogP contribution in [0.15, 0.2) is 30.3 Å². The molecule has 0 fully saturated rings. The molecule has 0 bridgehead atoms. The second-order valence-corrected chi connectivity index (χ2v) is 8.13. The van der Waals surface area contributed by atoms with Gasteiger partial charge in [-0.1, -0.05) is 0 Å². The predicted octanol–water partition coefficient (Wildman–Crippen LogP) is 3.82. The van der Waals surface area contributed by atoms with E-state index >= 15 is 0 Å². The van der Waals surface area contributed by atoms with E-state index < -0.39 is 0 Å². The van der Waals surface area contributed by atoms with Crippen LogP contribution in [0.5, 0.6) is 5.75 Å². The molecule has 0 unspecified atom stereocenters. The summed E-state index contributed by atoms with van der Waals surface area (Å²) < 4.78 is 7.09. The molecule has 0 saturated heterocycles. The van der Waals surface area contributed by atoms with Crippen molar-refractivity contribution in [1.82, 2.24) is 19.5 Å². The van der Waals surface area contributed by atoms with Crippen molar-refractivity contribution in [1.29, 1.82) is 0 Å². The van der Waals surface area contributed by atoms with E-state index in [0.717, 1.165) is 39.6 Å². The Kier molecular flexibility index (Phi) is 5.15. The maximum absolute atomic E-state index is 13.0. The van der Waals surface area contributed by atoms with E-state index in [-0.39, 0.29) is 17.9 Å². The van der Waals surface area contributed by atoms with Crippen LogP contribution in [0.2, 0.25) is 0 Å². The van der Waals surface area contributed by atoms with Crippen LogP contribution >= 0.6 is 0 Å². The number of nitrogens with zero attached hydrogens (tertiary/aromatic N) is 4. The molecular formula is C22H28N4O2. The van der Waals surface area contributed by atoms with Crippen LogP contribution in [0.3, 0.4) is 0 Å². The van der Waals surface area contributed by atoms with Crippen LogP contribution in [0.1, 0.15) is 37.7 Å². The number of fused-ring (bicyclic) bond motifs is 1. The third kappa shape index (κ3) is 3.72. The number of hydrogen-bond acceptors (Lipinski definition) is 4. The number of aromatic nitrogens is 3. The molecule has 0 aliphatic rings. The van der Waals surface area contributed by atoms with Gasteiger partial charge in [0.2, 0.25) is 5.91 Å². The highest BCUT2D eigenvalue weighted by Crippen LogP contribution is 2.29. The Balaban J connectivity index is 2.16. The molecule has 1 amide bonds. The van der Waals surface area contributed by atoms with Gasteiger partial charge in [-0.15, -0.1) is 0 Å². The van der Waals surface area contributed by atoms with E-state index in [0.29, 0.717) is 0 Å². The first-order chi connectivity index (χ1) is 13.1. The number of aryl methyl sites for hydroxylation is 2. The van der Waals surface area contributed by atoms with Crippen LogP contribution < -0.4 is 4.74 Å². The summed E-state index contributed by atoms with van der Waals surface area (Å²) in [7, 11) is 3.48. The molecule has 3 aromatic rings. The normalized spacial score (nSPS) is 11.7. The lowest BCUT2D eigenvalue weighted by molar-refractivity contribution is -0.133. The zero-order valence-corrected chi connectivity index (χ0v) is 17.7. The lowest BCUT2D eigenvalue weighted by Gasteiger charge is -2.32. The highest BCUT2D eigenvalue weighted by molar-refractivity contribution is 5.85. The van der Waals surface area contributed by atoms with E-state index in [9.17, 15) is 4.79 Å².